The average Bonchev–Trinajstić information content (AvgIpc) is 2.87. The molecule has 0 aliphatic carbocycles. The Labute approximate surface area is 227 Å². The first-order valence-electron chi connectivity index (χ1n) is 13.0. The fourth-order valence-electron chi connectivity index (χ4n) is 3.83. The van der Waals surface area contributed by atoms with Gasteiger partial charge in [0.2, 0.25) is 5.91 Å². The lowest BCUT2D eigenvalue weighted by Gasteiger charge is -2.35. The Hall–Kier alpha value is -2.92. The van der Waals surface area contributed by atoms with Gasteiger partial charge in [-0.3, -0.25) is 9.59 Å². The number of benzene rings is 1. The molecular weight excluding hydrogens is 508 g/mol. The van der Waals surface area contributed by atoms with Crippen LogP contribution in [-0.4, -0.2) is 63.2 Å². The van der Waals surface area contributed by atoms with Crippen molar-refractivity contribution in [3.8, 4) is 0 Å². The summed E-state index contributed by atoms with van der Waals surface area (Å²) >= 11 is 0. The van der Waals surface area contributed by atoms with Crippen LogP contribution in [0.15, 0.2) is 30.3 Å². The summed E-state index contributed by atoms with van der Waals surface area (Å²) in [6.07, 6.45) is -2.05. The van der Waals surface area contributed by atoms with Crippen LogP contribution in [0.3, 0.4) is 0 Å². The minimum absolute atomic E-state index is 0.00781. The molecule has 0 heterocycles. The average molecular weight is 553 g/mol. The second-order valence-electron chi connectivity index (χ2n) is 10.1. The monoisotopic (exact) mass is 552 g/mol. The summed E-state index contributed by atoms with van der Waals surface area (Å²) in [6, 6.07) is 9.10. The highest BCUT2D eigenvalue weighted by atomic mass is 28.4. The lowest BCUT2D eigenvalue weighted by atomic mass is 10.1. The minimum Gasteiger partial charge on any atom is -0.467 e. The van der Waals surface area contributed by atoms with Crippen molar-refractivity contribution in [3.05, 3.63) is 35.9 Å². The highest BCUT2D eigenvalue weighted by Crippen LogP contribution is 2.24. The summed E-state index contributed by atoms with van der Waals surface area (Å²) in [5, 5.41) is 5.04. The van der Waals surface area contributed by atoms with E-state index in [1.165, 1.54) is 7.11 Å². The van der Waals surface area contributed by atoms with Crippen molar-refractivity contribution in [2.45, 2.75) is 103 Å². The largest absolute Gasteiger partial charge is 0.467 e. The number of rotatable bonds is 14. The molecule has 38 heavy (non-hydrogen) atoms. The van der Waals surface area contributed by atoms with Gasteiger partial charge in [0.15, 0.2) is 14.4 Å². The molecule has 0 unspecified atom stereocenters. The lowest BCUT2D eigenvalue weighted by molar-refractivity contribution is -0.149. The zero-order valence-corrected chi connectivity index (χ0v) is 24.9. The van der Waals surface area contributed by atoms with Crippen LogP contribution in [0.5, 0.6) is 0 Å². The summed E-state index contributed by atoms with van der Waals surface area (Å²) in [5.74, 6) is -2.17. The molecule has 214 valence electrons. The Morgan fingerprint density at radius 2 is 1.53 bits per heavy atom. The van der Waals surface area contributed by atoms with Crippen molar-refractivity contribution in [1.82, 2.24) is 10.6 Å². The van der Waals surface area contributed by atoms with E-state index in [1.54, 1.807) is 39.8 Å². The van der Waals surface area contributed by atoms with E-state index in [1.807, 2.05) is 18.2 Å². The van der Waals surface area contributed by atoms with Gasteiger partial charge in [0.05, 0.1) is 19.6 Å². The van der Waals surface area contributed by atoms with Gasteiger partial charge in [-0.1, -0.05) is 51.1 Å². The first-order chi connectivity index (χ1) is 17.8. The van der Waals surface area contributed by atoms with Gasteiger partial charge in [0.25, 0.3) is 0 Å². The molecule has 0 aliphatic rings. The fourth-order valence-corrected chi connectivity index (χ4v) is 6.76. The number of nitrogens with one attached hydrogen (secondary N) is 2. The van der Waals surface area contributed by atoms with Gasteiger partial charge in [-0.15, -0.1) is 0 Å². The maximum Gasteiger partial charge on any atom is 0.408 e. The number of hydrogen-bond donors (Lipinski definition) is 2. The molecular formula is C27H44N2O8Si. The Bertz CT molecular complexity index is 907. The van der Waals surface area contributed by atoms with E-state index in [-0.39, 0.29) is 6.61 Å². The van der Waals surface area contributed by atoms with Crippen molar-refractivity contribution in [2.24, 2.45) is 0 Å². The molecule has 11 heteroatoms. The zero-order chi connectivity index (χ0) is 28.9. The van der Waals surface area contributed by atoms with Crippen molar-refractivity contribution < 1.29 is 37.8 Å². The molecule has 2 amide bonds. The van der Waals surface area contributed by atoms with Crippen molar-refractivity contribution in [1.29, 1.82) is 0 Å². The standard InChI is InChI=1S/C27H44N2O8Si/c1-9-38(10-2,11-3)37-19(4)23(25(32)34-8)29-24(31)21(28-26(33)36-27(5,6)7)17-22(30)35-18-20-15-13-12-14-16-20/h12-16,19,21,23H,9-11,17-18H2,1-8H3,(H,28,33)(H,29,31)/t19-,21+,23+/m1/s1. The SMILES string of the molecule is CC[Si](CC)(CC)O[C@H](C)[C@H](NC(=O)[C@H](CC(=O)OCc1ccccc1)NC(=O)OC(C)(C)C)C(=O)OC. The van der Waals surface area contributed by atoms with E-state index >= 15 is 0 Å². The topological polar surface area (TPSA) is 129 Å². The van der Waals surface area contributed by atoms with E-state index in [9.17, 15) is 19.2 Å². The Kier molecular flexibility index (Phi) is 13.5. The molecule has 0 spiro atoms. The van der Waals surface area contributed by atoms with Crippen LogP contribution in [0, 0.1) is 0 Å². The van der Waals surface area contributed by atoms with E-state index in [0.717, 1.165) is 23.7 Å². The van der Waals surface area contributed by atoms with Crippen LogP contribution in [-0.2, 0) is 39.6 Å². The quantitative estimate of drug-likeness (QED) is 0.201. The number of alkyl carbamates (subject to hydrolysis) is 1. The third kappa shape index (κ3) is 11.2. The van der Waals surface area contributed by atoms with Crippen LogP contribution >= 0.6 is 0 Å². The molecule has 1 aromatic carbocycles. The second-order valence-corrected chi connectivity index (χ2v) is 14.8. The third-order valence-corrected chi connectivity index (χ3v) is 10.9. The van der Waals surface area contributed by atoms with Gasteiger partial charge >= 0.3 is 18.0 Å². The van der Waals surface area contributed by atoms with Crippen LogP contribution in [0.4, 0.5) is 4.79 Å². The van der Waals surface area contributed by atoms with Crippen LogP contribution in [0.1, 0.15) is 60.5 Å². The van der Waals surface area contributed by atoms with Crippen molar-refractivity contribution >= 4 is 32.3 Å². The lowest BCUT2D eigenvalue weighted by Crippen LogP contribution is -2.57. The summed E-state index contributed by atoms with van der Waals surface area (Å²) < 4.78 is 21.9. The highest BCUT2D eigenvalue weighted by molar-refractivity contribution is 6.73. The van der Waals surface area contributed by atoms with Gasteiger partial charge in [0.1, 0.15) is 18.2 Å². The van der Waals surface area contributed by atoms with Gasteiger partial charge in [0, 0.05) is 0 Å². The van der Waals surface area contributed by atoms with Gasteiger partial charge < -0.3 is 29.3 Å². The van der Waals surface area contributed by atoms with E-state index < -0.39 is 62.5 Å². The normalized spacial score (nSPS) is 14.0. The molecule has 0 aromatic heterocycles. The molecule has 0 saturated carbocycles. The number of methoxy groups -OCH3 is 1. The third-order valence-electron chi connectivity index (χ3n) is 6.21. The summed E-state index contributed by atoms with van der Waals surface area (Å²) in [5.41, 5.74) is -0.0568. The van der Waals surface area contributed by atoms with Gasteiger partial charge in [-0.2, -0.15) is 0 Å². The first-order valence-corrected chi connectivity index (χ1v) is 15.6. The molecule has 0 aliphatic heterocycles. The molecule has 0 fully saturated rings. The van der Waals surface area contributed by atoms with E-state index in [2.05, 4.69) is 31.4 Å². The van der Waals surface area contributed by atoms with Crippen molar-refractivity contribution in [2.75, 3.05) is 7.11 Å². The van der Waals surface area contributed by atoms with Gasteiger partial charge in [-0.25, -0.2) is 9.59 Å². The van der Waals surface area contributed by atoms with Gasteiger partial charge in [-0.05, 0) is 51.4 Å². The molecule has 0 saturated heterocycles. The molecule has 3 atom stereocenters. The number of hydrogen-bond acceptors (Lipinski definition) is 8. The number of carbonyl (C=O) groups excluding carboxylic acids is 4. The maximum atomic E-state index is 13.3. The maximum absolute atomic E-state index is 13.3. The number of amides is 2. The first kappa shape index (κ1) is 33.1. The minimum atomic E-state index is -2.13. The molecule has 1 rings (SSSR count). The summed E-state index contributed by atoms with van der Waals surface area (Å²) in [4.78, 5) is 51.0. The number of ether oxygens (including phenoxy) is 3. The number of esters is 2. The Balaban J connectivity index is 3.08. The Morgan fingerprint density at radius 3 is 2.03 bits per heavy atom. The fraction of sp³-hybridized carbons (Fsp3) is 0.630. The predicted molar refractivity (Wildman–Crippen MR) is 146 cm³/mol. The van der Waals surface area contributed by atoms with Crippen LogP contribution < -0.4 is 10.6 Å². The Morgan fingerprint density at radius 1 is 0.947 bits per heavy atom. The summed E-state index contributed by atoms with van der Waals surface area (Å²) in [6.45, 7) is 12.9. The predicted octanol–water partition coefficient (Wildman–Crippen LogP) is 4.08. The second kappa shape index (κ2) is 15.5. The zero-order valence-electron chi connectivity index (χ0n) is 23.9. The highest BCUT2D eigenvalue weighted by Gasteiger charge is 2.38. The van der Waals surface area contributed by atoms with E-state index in [4.69, 9.17) is 18.6 Å². The molecule has 1 aromatic rings. The molecule has 0 radical (unpaired) electrons. The van der Waals surface area contributed by atoms with Crippen LogP contribution in [0.25, 0.3) is 0 Å². The molecule has 2 N–H and O–H groups in total. The molecule has 10 nitrogen and oxygen atoms in total. The van der Waals surface area contributed by atoms with Crippen LogP contribution in [0.2, 0.25) is 18.1 Å². The number of carbonyl (C=O) groups is 4. The smallest absolute Gasteiger partial charge is 0.408 e. The molecule has 0 bridgehead atoms. The van der Waals surface area contributed by atoms with E-state index in [0.29, 0.717) is 0 Å². The summed E-state index contributed by atoms with van der Waals surface area (Å²) in [7, 11) is -0.907. The van der Waals surface area contributed by atoms with Crippen molar-refractivity contribution in [3.63, 3.8) is 0 Å².